The van der Waals surface area contributed by atoms with Crippen LogP contribution < -0.4 is 0 Å². The van der Waals surface area contributed by atoms with E-state index in [0.29, 0.717) is 42.0 Å². The molecule has 6 heteroatoms. The second kappa shape index (κ2) is 17.8. The number of hydrogen-bond acceptors (Lipinski definition) is 6. The summed E-state index contributed by atoms with van der Waals surface area (Å²) in [7, 11) is 0. The van der Waals surface area contributed by atoms with Crippen molar-refractivity contribution in [1.29, 1.82) is 0 Å². The van der Waals surface area contributed by atoms with Gasteiger partial charge in [0.1, 0.15) is 5.78 Å². The van der Waals surface area contributed by atoms with Crippen LogP contribution in [0.3, 0.4) is 0 Å². The first-order valence-corrected chi connectivity index (χ1v) is 20.3. The minimum atomic E-state index is -0.0580. The highest BCUT2D eigenvalue weighted by atomic mass is 16.3. The zero-order valence-electron chi connectivity index (χ0n) is 30.7. The van der Waals surface area contributed by atoms with Gasteiger partial charge in [-0.15, -0.1) is 0 Å². The van der Waals surface area contributed by atoms with Crippen molar-refractivity contribution in [1.82, 2.24) is 14.7 Å². The normalized spacial score (nSPS) is 32.2. The molecule has 9 rings (SSSR count). The third-order valence-corrected chi connectivity index (χ3v) is 12.8. The number of rotatable bonds is 6. The van der Waals surface area contributed by atoms with Gasteiger partial charge in [0.05, 0.1) is 12.2 Å². The molecule has 0 amide bonds. The molecule has 6 nitrogen and oxygen atoms in total. The van der Waals surface area contributed by atoms with Crippen LogP contribution in [0.5, 0.6) is 0 Å². The summed E-state index contributed by atoms with van der Waals surface area (Å²) in [5, 5.41) is 19.7. The number of benzene rings is 3. The van der Waals surface area contributed by atoms with Crippen molar-refractivity contribution in [2.24, 2.45) is 0 Å². The zero-order valence-corrected chi connectivity index (χ0v) is 30.7. The lowest BCUT2D eigenvalue weighted by atomic mass is 9.82. The van der Waals surface area contributed by atoms with E-state index in [1.807, 2.05) is 0 Å². The first kappa shape index (κ1) is 36.5. The van der Waals surface area contributed by atoms with Gasteiger partial charge in [-0.2, -0.15) is 0 Å². The van der Waals surface area contributed by atoms with Gasteiger partial charge in [-0.05, 0) is 80.9 Å². The summed E-state index contributed by atoms with van der Waals surface area (Å²) in [6.45, 7) is 3.13. The van der Waals surface area contributed by atoms with Gasteiger partial charge in [0.15, 0.2) is 0 Å². The molecule has 0 spiro atoms. The molecule has 6 heterocycles. The maximum Gasteiger partial charge on any atom is 0.136 e. The lowest BCUT2D eigenvalue weighted by Crippen LogP contribution is -2.52. The Hall–Kier alpha value is -2.87. The van der Waals surface area contributed by atoms with E-state index in [2.05, 4.69) is 106 Å². The highest BCUT2D eigenvalue weighted by Gasteiger charge is 2.39. The van der Waals surface area contributed by atoms with E-state index < -0.39 is 0 Å². The third-order valence-electron chi connectivity index (χ3n) is 12.8. The van der Waals surface area contributed by atoms with Gasteiger partial charge < -0.3 is 10.2 Å². The van der Waals surface area contributed by atoms with Crippen molar-refractivity contribution < 1.29 is 15.0 Å². The maximum absolute atomic E-state index is 11.6. The molecule has 0 aliphatic carbocycles. The van der Waals surface area contributed by atoms with Gasteiger partial charge in [-0.1, -0.05) is 110 Å². The predicted molar refractivity (Wildman–Crippen MR) is 205 cm³/mol. The number of ketones is 1. The van der Waals surface area contributed by atoms with Gasteiger partial charge in [0.25, 0.3) is 0 Å². The average Bonchev–Trinajstić information content (AvgIpc) is 3.12. The fraction of sp³-hybridized carbons (Fsp3) is 0.578. The van der Waals surface area contributed by atoms with Crippen LogP contribution >= 0.6 is 0 Å². The molecule has 6 atom stereocenters. The number of carbonyl (C=O) groups excluding carboxylic acids is 1. The number of carbonyl (C=O) groups is 1. The highest BCUT2D eigenvalue weighted by molar-refractivity contribution is 5.80. The number of nitrogens with zero attached hydrogens (tertiary/aromatic N) is 3. The average molecular weight is 692 g/mol. The van der Waals surface area contributed by atoms with Crippen LogP contribution in [-0.2, 0) is 24.4 Å². The van der Waals surface area contributed by atoms with Crippen molar-refractivity contribution in [3.63, 3.8) is 0 Å². The van der Waals surface area contributed by atoms with Crippen LogP contribution in [0.4, 0.5) is 0 Å². The van der Waals surface area contributed by atoms with Crippen molar-refractivity contribution in [3.8, 4) is 0 Å². The van der Waals surface area contributed by atoms with E-state index in [4.69, 9.17) is 0 Å². The predicted octanol–water partition coefficient (Wildman–Crippen LogP) is 7.90. The summed E-state index contributed by atoms with van der Waals surface area (Å²) in [4.78, 5) is 19.5. The first-order valence-electron chi connectivity index (χ1n) is 20.3. The Morgan fingerprint density at radius 2 is 0.706 bits per heavy atom. The molecule has 274 valence electrons. The number of Topliss-reactive ketones (excluding diaryl/α,β-unsaturated/α-hetero) is 1. The van der Waals surface area contributed by atoms with E-state index in [-0.39, 0.29) is 12.2 Å². The summed E-state index contributed by atoms with van der Waals surface area (Å²) in [5.41, 5.74) is 4.18. The SMILES string of the molecule is O=C1CC2CCCC(C1)N2Cc1ccccc1.OC1CC2CCCC(C1)N2Cc1ccccc1.OC1CC2CCCC(C1)N2Cc1ccccc1. The maximum atomic E-state index is 11.6. The Bertz CT molecular complexity index is 1370. The minimum absolute atomic E-state index is 0.0580. The molecule has 6 unspecified atom stereocenters. The van der Waals surface area contributed by atoms with Gasteiger partial charge in [-0.25, -0.2) is 0 Å². The lowest BCUT2D eigenvalue weighted by Gasteiger charge is -2.47. The van der Waals surface area contributed by atoms with Crippen LogP contribution in [0, 0.1) is 0 Å². The van der Waals surface area contributed by atoms with Gasteiger partial charge >= 0.3 is 0 Å². The van der Waals surface area contributed by atoms with Gasteiger partial charge in [0, 0.05) is 68.7 Å². The lowest BCUT2D eigenvalue weighted by molar-refractivity contribution is -0.127. The molecular weight excluding hydrogens is 631 g/mol. The molecule has 6 bridgehead atoms. The van der Waals surface area contributed by atoms with Crippen LogP contribution in [0.2, 0.25) is 0 Å². The molecule has 51 heavy (non-hydrogen) atoms. The number of hydrogen-bond donors (Lipinski definition) is 2. The molecule has 0 saturated carbocycles. The van der Waals surface area contributed by atoms with Crippen LogP contribution in [-0.4, -0.2) is 79.2 Å². The van der Waals surface area contributed by atoms with Crippen molar-refractivity contribution in [2.45, 2.75) is 164 Å². The van der Waals surface area contributed by atoms with E-state index in [0.717, 1.165) is 58.2 Å². The molecule has 2 N–H and O–H groups in total. The molecule has 6 aliphatic heterocycles. The topological polar surface area (TPSA) is 67.2 Å². The van der Waals surface area contributed by atoms with E-state index in [1.165, 1.54) is 74.5 Å². The fourth-order valence-corrected chi connectivity index (χ4v) is 10.3. The van der Waals surface area contributed by atoms with Gasteiger partial charge in [0.2, 0.25) is 0 Å². The zero-order chi connectivity index (χ0) is 35.0. The molecule has 0 radical (unpaired) electrons. The quantitative estimate of drug-likeness (QED) is 0.274. The van der Waals surface area contributed by atoms with Crippen LogP contribution in [0.25, 0.3) is 0 Å². The summed E-state index contributed by atoms with van der Waals surface area (Å²) in [5.74, 6) is 0.476. The molecule has 6 saturated heterocycles. The first-order chi connectivity index (χ1) is 25.0. The summed E-state index contributed by atoms with van der Waals surface area (Å²) >= 11 is 0. The third kappa shape index (κ3) is 9.77. The Balaban J connectivity index is 0.000000119. The molecule has 0 aromatic heterocycles. The molecule has 6 fully saturated rings. The van der Waals surface area contributed by atoms with E-state index in [1.54, 1.807) is 0 Å². The monoisotopic (exact) mass is 691 g/mol. The fourth-order valence-electron chi connectivity index (χ4n) is 10.3. The second-order valence-electron chi connectivity index (χ2n) is 16.4. The number of aliphatic hydroxyl groups is 2. The molecule has 3 aromatic rings. The van der Waals surface area contributed by atoms with Gasteiger partial charge in [-0.3, -0.25) is 19.5 Å². The molecule has 6 aliphatic rings. The standard InChI is InChI=1S/2C15H21NO.C15H19NO/c3*17-15-9-13-7-4-8-14(10-15)16(13)11-12-5-2-1-3-6-12/h2*1-3,5-6,13-15,17H,4,7-11H2;1-3,5-6,13-14H,4,7-11H2. The van der Waals surface area contributed by atoms with Crippen molar-refractivity contribution >= 4 is 5.78 Å². The van der Waals surface area contributed by atoms with E-state index >= 15 is 0 Å². The Labute approximate surface area is 306 Å². The number of fused-ring (bicyclic) bond motifs is 6. The van der Waals surface area contributed by atoms with E-state index in [9.17, 15) is 15.0 Å². The summed E-state index contributed by atoms with van der Waals surface area (Å²) in [6.07, 6.45) is 16.8. The summed E-state index contributed by atoms with van der Waals surface area (Å²) in [6, 6.07) is 35.5. The Morgan fingerprint density at radius 1 is 0.431 bits per heavy atom. The summed E-state index contributed by atoms with van der Waals surface area (Å²) < 4.78 is 0. The number of piperidine rings is 6. The highest BCUT2D eigenvalue weighted by Crippen LogP contribution is 2.37. The second-order valence-corrected chi connectivity index (χ2v) is 16.4. The smallest absolute Gasteiger partial charge is 0.136 e. The largest absolute Gasteiger partial charge is 0.393 e. The number of aliphatic hydroxyl groups excluding tert-OH is 2. The van der Waals surface area contributed by atoms with Crippen molar-refractivity contribution in [2.75, 3.05) is 0 Å². The van der Waals surface area contributed by atoms with Crippen LogP contribution in [0.15, 0.2) is 91.0 Å². The Kier molecular flexibility index (Phi) is 12.7. The molecule has 3 aromatic carbocycles. The van der Waals surface area contributed by atoms with Crippen LogP contribution in [0.1, 0.15) is 113 Å². The molecular formula is C45H61N3O3. The Morgan fingerprint density at radius 3 is 1.02 bits per heavy atom. The van der Waals surface area contributed by atoms with Crippen molar-refractivity contribution in [3.05, 3.63) is 108 Å². The minimum Gasteiger partial charge on any atom is -0.393 e.